The van der Waals surface area contributed by atoms with E-state index in [1.54, 1.807) is 23.9 Å². The van der Waals surface area contributed by atoms with Gasteiger partial charge in [0.05, 0.1) is 5.75 Å². The lowest BCUT2D eigenvalue weighted by Crippen LogP contribution is -2.27. The lowest BCUT2D eigenvalue weighted by Gasteiger charge is -2.24. The molecule has 1 fully saturated rings. The van der Waals surface area contributed by atoms with Crippen molar-refractivity contribution in [3.63, 3.8) is 0 Å². The number of nitrogens with zero attached hydrogens (tertiary/aromatic N) is 1. The fourth-order valence-electron chi connectivity index (χ4n) is 3.82. The Kier molecular flexibility index (Phi) is 6.15. The van der Waals surface area contributed by atoms with Crippen LogP contribution in [0.2, 0.25) is 5.02 Å². The average Bonchev–Trinajstić information content (AvgIpc) is 3.45. The minimum atomic E-state index is -0.160. The van der Waals surface area contributed by atoms with E-state index in [1.807, 2.05) is 59.5 Å². The first kappa shape index (κ1) is 21.7. The van der Waals surface area contributed by atoms with E-state index < -0.39 is 0 Å². The van der Waals surface area contributed by atoms with Gasteiger partial charge in [-0.25, -0.2) is 0 Å². The Balaban J connectivity index is 1.23. The number of nitrogens with one attached hydrogen (secondary N) is 1. The highest BCUT2D eigenvalue weighted by molar-refractivity contribution is 8.00. The van der Waals surface area contributed by atoms with Gasteiger partial charge in [0, 0.05) is 23.7 Å². The average molecular weight is 481 g/mol. The number of rotatable bonds is 6. The molecule has 6 nitrogen and oxygen atoms in total. The molecular formula is C25H21ClN2O4S. The Bertz CT molecular complexity index is 1180. The number of carbonyl (C=O) groups is 2. The minimum absolute atomic E-state index is 0.0843. The van der Waals surface area contributed by atoms with E-state index >= 15 is 0 Å². The molecule has 2 aliphatic rings. The molecule has 1 N–H and O–H groups in total. The van der Waals surface area contributed by atoms with Gasteiger partial charge in [-0.05, 0) is 53.1 Å². The van der Waals surface area contributed by atoms with Gasteiger partial charge >= 0.3 is 0 Å². The zero-order valence-corrected chi connectivity index (χ0v) is 19.2. The standard InChI is InChI=1S/C25H21ClN2O4S/c26-20-8-1-16(2-9-20)13-28-23(29)14-33-25(28)19-6-4-18(5-7-19)24(30)27-12-17-3-10-21-22(11-17)32-15-31-21/h1-11,25H,12-15H2,(H,27,30)/t25-/m1/s1. The molecule has 3 aromatic rings. The fraction of sp³-hybridized carbons (Fsp3) is 0.200. The van der Waals surface area contributed by atoms with E-state index in [0.717, 1.165) is 16.7 Å². The van der Waals surface area contributed by atoms with Gasteiger partial charge in [-0.15, -0.1) is 11.8 Å². The van der Waals surface area contributed by atoms with Crippen LogP contribution in [-0.4, -0.2) is 29.3 Å². The summed E-state index contributed by atoms with van der Waals surface area (Å²) in [5.41, 5.74) is 3.52. The van der Waals surface area contributed by atoms with E-state index in [9.17, 15) is 9.59 Å². The summed E-state index contributed by atoms with van der Waals surface area (Å²) in [6.45, 7) is 1.13. The van der Waals surface area contributed by atoms with Crippen LogP contribution in [0.25, 0.3) is 0 Å². The maximum atomic E-state index is 12.6. The quantitative estimate of drug-likeness (QED) is 0.550. The normalized spacial score (nSPS) is 16.8. The zero-order valence-electron chi connectivity index (χ0n) is 17.6. The van der Waals surface area contributed by atoms with Gasteiger partial charge in [0.15, 0.2) is 11.5 Å². The van der Waals surface area contributed by atoms with Crippen molar-refractivity contribution in [3.05, 3.63) is 94.0 Å². The molecule has 0 unspecified atom stereocenters. The third-order valence-electron chi connectivity index (χ3n) is 5.58. The number of carbonyl (C=O) groups excluding carboxylic acids is 2. The van der Waals surface area contributed by atoms with Crippen LogP contribution in [0.3, 0.4) is 0 Å². The summed E-state index contributed by atoms with van der Waals surface area (Å²) in [4.78, 5) is 27.0. The molecule has 0 spiro atoms. The Labute approximate surface area is 200 Å². The Morgan fingerprint density at radius 3 is 2.52 bits per heavy atom. The number of hydrogen-bond acceptors (Lipinski definition) is 5. The molecule has 1 atom stereocenters. The van der Waals surface area contributed by atoms with Gasteiger partial charge < -0.3 is 19.7 Å². The van der Waals surface area contributed by atoms with E-state index in [-0.39, 0.29) is 24.0 Å². The van der Waals surface area contributed by atoms with E-state index in [4.69, 9.17) is 21.1 Å². The van der Waals surface area contributed by atoms with E-state index in [0.29, 0.717) is 40.9 Å². The van der Waals surface area contributed by atoms with E-state index in [1.165, 1.54) is 0 Å². The number of benzene rings is 3. The molecule has 2 heterocycles. The second kappa shape index (κ2) is 9.37. The molecule has 0 saturated carbocycles. The van der Waals surface area contributed by atoms with Gasteiger partial charge in [0.25, 0.3) is 5.91 Å². The van der Waals surface area contributed by atoms with Crippen LogP contribution in [0.1, 0.15) is 32.4 Å². The third kappa shape index (κ3) is 4.79. The summed E-state index contributed by atoms with van der Waals surface area (Å²) in [5, 5.41) is 3.52. The molecule has 5 rings (SSSR count). The van der Waals surface area contributed by atoms with Crippen LogP contribution >= 0.6 is 23.4 Å². The van der Waals surface area contributed by atoms with Crippen molar-refractivity contribution in [2.45, 2.75) is 18.5 Å². The first-order valence-corrected chi connectivity index (χ1v) is 11.9. The molecule has 0 bridgehead atoms. The Morgan fingerprint density at radius 2 is 1.73 bits per heavy atom. The molecule has 1 saturated heterocycles. The summed E-state index contributed by atoms with van der Waals surface area (Å²) in [5.74, 6) is 1.79. The second-order valence-electron chi connectivity index (χ2n) is 7.80. The highest BCUT2D eigenvalue weighted by Crippen LogP contribution is 2.39. The molecular weight excluding hydrogens is 460 g/mol. The van der Waals surface area contributed by atoms with Gasteiger partial charge in [-0.2, -0.15) is 0 Å². The molecule has 8 heteroatoms. The molecule has 0 aliphatic carbocycles. The van der Waals surface area contributed by atoms with Crippen molar-refractivity contribution < 1.29 is 19.1 Å². The predicted octanol–water partition coefficient (Wildman–Crippen LogP) is 4.77. The number of amides is 2. The number of ether oxygens (including phenoxy) is 2. The lowest BCUT2D eigenvalue weighted by atomic mass is 10.1. The zero-order chi connectivity index (χ0) is 22.8. The Hall–Kier alpha value is -3.16. The molecule has 33 heavy (non-hydrogen) atoms. The van der Waals surface area contributed by atoms with Crippen LogP contribution in [0, 0.1) is 0 Å². The smallest absolute Gasteiger partial charge is 0.251 e. The number of fused-ring (bicyclic) bond motifs is 1. The van der Waals surface area contributed by atoms with E-state index in [2.05, 4.69) is 5.32 Å². The van der Waals surface area contributed by atoms with Gasteiger partial charge in [0.2, 0.25) is 12.7 Å². The predicted molar refractivity (Wildman–Crippen MR) is 127 cm³/mol. The molecule has 2 amide bonds. The first-order chi connectivity index (χ1) is 16.1. The number of thioether (sulfide) groups is 1. The number of halogens is 1. The molecule has 3 aromatic carbocycles. The largest absolute Gasteiger partial charge is 0.454 e. The van der Waals surface area contributed by atoms with Crippen molar-refractivity contribution in [3.8, 4) is 11.5 Å². The monoisotopic (exact) mass is 480 g/mol. The molecule has 2 aliphatic heterocycles. The minimum Gasteiger partial charge on any atom is -0.454 e. The third-order valence-corrected chi connectivity index (χ3v) is 7.09. The van der Waals surface area contributed by atoms with Crippen molar-refractivity contribution in [2.75, 3.05) is 12.5 Å². The van der Waals surface area contributed by atoms with Crippen LogP contribution in [0.4, 0.5) is 0 Å². The molecule has 168 valence electrons. The highest BCUT2D eigenvalue weighted by atomic mass is 35.5. The van der Waals surface area contributed by atoms with Gasteiger partial charge in [-0.1, -0.05) is 41.9 Å². The maximum Gasteiger partial charge on any atom is 0.251 e. The summed E-state index contributed by atoms with van der Waals surface area (Å²) in [7, 11) is 0. The highest BCUT2D eigenvalue weighted by Gasteiger charge is 2.32. The topological polar surface area (TPSA) is 67.9 Å². The van der Waals surface area contributed by atoms with Gasteiger partial charge in [0.1, 0.15) is 5.37 Å². The lowest BCUT2D eigenvalue weighted by molar-refractivity contribution is -0.128. The SMILES string of the molecule is O=C(NCc1ccc2c(c1)OCO2)c1ccc([C@H]2SCC(=O)N2Cc2ccc(Cl)cc2)cc1. The van der Waals surface area contributed by atoms with Crippen LogP contribution in [-0.2, 0) is 17.9 Å². The summed E-state index contributed by atoms with van der Waals surface area (Å²) in [6.07, 6.45) is 0. The van der Waals surface area contributed by atoms with Crippen molar-refractivity contribution in [1.29, 1.82) is 0 Å². The van der Waals surface area contributed by atoms with Crippen molar-refractivity contribution in [1.82, 2.24) is 10.2 Å². The summed E-state index contributed by atoms with van der Waals surface area (Å²) >= 11 is 7.57. The van der Waals surface area contributed by atoms with Crippen LogP contribution in [0.5, 0.6) is 11.5 Å². The fourth-order valence-corrected chi connectivity index (χ4v) is 5.14. The van der Waals surface area contributed by atoms with Crippen molar-refractivity contribution >= 4 is 35.2 Å². The Morgan fingerprint density at radius 1 is 1.00 bits per heavy atom. The number of hydrogen-bond donors (Lipinski definition) is 1. The summed E-state index contributed by atoms with van der Waals surface area (Å²) in [6, 6.07) is 20.6. The maximum absolute atomic E-state index is 12.6. The van der Waals surface area contributed by atoms with Crippen LogP contribution in [0.15, 0.2) is 66.7 Å². The van der Waals surface area contributed by atoms with Crippen LogP contribution < -0.4 is 14.8 Å². The summed E-state index contributed by atoms with van der Waals surface area (Å²) < 4.78 is 10.7. The molecule has 0 aromatic heterocycles. The molecule has 0 radical (unpaired) electrons. The second-order valence-corrected chi connectivity index (χ2v) is 9.31. The first-order valence-electron chi connectivity index (χ1n) is 10.5. The van der Waals surface area contributed by atoms with Gasteiger partial charge in [-0.3, -0.25) is 9.59 Å². The van der Waals surface area contributed by atoms with Crippen molar-refractivity contribution in [2.24, 2.45) is 0 Å².